The predicted molar refractivity (Wildman–Crippen MR) is 85.2 cm³/mol. The van der Waals surface area contributed by atoms with E-state index in [0.717, 1.165) is 18.0 Å². The largest absolute Gasteiger partial charge is 0.310 e. The summed E-state index contributed by atoms with van der Waals surface area (Å²) in [5.41, 5.74) is 3.04. The van der Waals surface area contributed by atoms with Gasteiger partial charge in [-0.3, -0.25) is 0 Å². The number of hydrogen-bond donors (Lipinski definition) is 1. The Morgan fingerprint density at radius 1 is 1.20 bits per heavy atom. The minimum absolute atomic E-state index is 0.728. The van der Waals surface area contributed by atoms with Crippen LogP contribution in [0.4, 0.5) is 0 Å². The van der Waals surface area contributed by atoms with Crippen molar-refractivity contribution < 1.29 is 0 Å². The number of aryl methyl sites for hydroxylation is 1. The Morgan fingerprint density at radius 2 is 2.00 bits per heavy atom. The second-order valence-electron chi connectivity index (χ2n) is 6.62. The third kappa shape index (κ3) is 3.07. The molecule has 0 radical (unpaired) electrons. The number of piperidine rings is 1. The Kier molecular flexibility index (Phi) is 4.42. The number of likely N-dealkylation sites (tertiary alicyclic amines) is 1. The van der Waals surface area contributed by atoms with Crippen LogP contribution in [-0.4, -0.2) is 36.6 Å². The van der Waals surface area contributed by atoms with Gasteiger partial charge in [0.1, 0.15) is 0 Å². The summed E-state index contributed by atoms with van der Waals surface area (Å²) in [5, 5.41) is 3.90. The maximum absolute atomic E-state index is 3.90. The summed E-state index contributed by atoms with van der Waals surface area (Å²) in [6.45, 7) is 8.28. The van der Waals surface area contributed by atoms with Crippen LogP contribution < -0.4 is 5.32 Å². The summed E-state index contributed by atoms with van der Waals surface area (Å²) in [6, 6.07) is 10.4. The lowest BCUT2D eigenvalue weighted by Gasteiger charge is -2.42. The summed E-state index contributed by atoms with van der Waals surface area (Å²) in [4.78, 5) is 2.58. The zero-order chi connectivity index (χ0) is 13.9. The lowest BCUT2D eigenvalue weighted by Crippen LogP contribution is -2.52. The monoisotopic (exact) mass is 272 g/mol. The van der Waals surface area contributed by atoms with Crippen LogP contribution in [0.2, 0.25) is 0 Å². The fraction of sp³-hybridized carbons (Fsp3) is 0.667. The lowest BCUT2D eigenvalue weighted by atomic mass is 9.74. The number of nitrogens with zero attached hydrogens (tertiary/aromatic N) is 1. The summed E-state index contributed by atoms with van der Waals surface area (Å²) in [5.74, 6) is 0.791. The fourth-order valence-corrected chi connectivity index (χ4v) is 3.86. The molecule has 1 heterocycles. The van der Waals surface area contributed by atoms with Gasteiger partial charge in [-0.15, -0.1) is 0 Å². The Balaban J connectivity index is 1.48. The maximum atomic E-state index is 3.90. The molecule has 0 spiro atoms. The van der Waals surface area contributed by atoms with Gasteiger partial charge in [0.15, 0.2) is 0 Å². The summed E-state index contributed by atoms with van der Waals surface area (Å²) < 4.78 is 0. The van der Waals surface area contributed by atoms with Crippen molar-refractivity contribution in [2.24, 2.45) is 0 Å². The van der Waals surface area contributed by atoms with Crippen molar-refractivity contribution in [1.82, 2.24) is 10.2 Å². The van der Waals surface area contributed by atoms with E-state index in [1.165, 1.54) is 50.9 Å². The third-order valence-electron chi connectivity index (χ3n) is 5.19. The van der Waals surface area contributed by atoms with Gasteiger partial charge in [-0.2, -0.15) is 0 Å². The molecule has 0 aromatic heterocycles. The average molecular weight is 272 g/mol. The SMILES string of the molecule is CCN1CCCC(NC2CC(c3ccccc3C)C2)C1. The van der Waals surface area contributed by atoms with Gasteiger partial charge in [-0.25, -0.2) is 0 Å². The summed E-state index contributed by atoms with van der Waals surface area (Å²) in [7, 11) is 0. The van der Waals surface area contributed by atoms with E-state index in [2.05, 4.69) is 48.3 Å². The molecule has 1 aromatic rings. The van der Waals surface area contributed by atoms with E-state index in [1.807, 2.05) is 0 Å². The molecule has 1 aromatic carbocycles. The summed E-state index contributed by atoms with van der Waals surface area (Å²) >= 11 is 0. The van der Waals surface area contributed by atoms with Gasteiger partial charge >= 0.3 is 0 Å². The molecule has 20 heavy (non-hydrogen) atoms. The Labute approximate surface area is 123 Å². The van der Waals surface area contributed by atoms with Crippen molar-refractivity contribution in [2.75, 3.05) is 19.6 Å². The maximum Gasteiger partial charge on any atom is 0.0198 e. The highest BCUT2D eigenvalue weighted by molar-refractivity contribution is 5.31. The molecule has 1 atom stereocenters. The molecule has 2 nitrogen and oxygen atoms in total. The highest BCUT2D eigenvalue weighted by atomic mass is 15.2. The van der Waals surface area contributed by atoms with Gasteiger partial charge in [0.25, 0.3) is 0 Å². The minimum atomic E-state index is 0.728. The van der Waals surface area contributed by atoms with Crippen molar-refractivity contribution in [3.05, 3.63) is 35.4 Å². The second-order valence-corrected chi connectivity index (χ2v) is 6.62. The number of nitrogens with one attached hydrogen (secondary N) is 1. The number of benzene rings is 1. The minimum Gasteiger partial charge on any atom is -0.310 e. The third-order valence-corrected chi connectivity index (χ3v) is 5.19. The summed E-state index contributed by atoms with van der Waals surface area (Å²) in [6.07, 6.45) is 5.38. The van der Waals surface area contributed by atoms with Crippen LogP contribution in [0.5, 0.6) is 0 Å². The zero-order valence-corrected chi connectivity index (χ0v) is 12.9. The molecule has 2 heteroatoms. The number of hydrogen-bond acceptors (Lipinski definition) is 2. The van der Waals surface area contributed by atoms with Crippen LogP contribution in [0.1, 0.15) is 49.7 Å². The molecule has 2 aliphatic rings. The first-order valence-corrected chi connectivity index (χ1v) is 8.30. The molecular weight excluding hydrogens is 244 g/mol. The highest BCUT2D eigenvalue weighted by Gasteiger charge is 2.33. The fourth-order valence-electron chi connectivity index (χ4n) is 3.86. The molecule has 1 aliphatic carbocycles. The van der Waals surface area contributed by atoms with E-state index >= 15 is 0 Å². The smallest absolute Gasteiger partial charge is 0.0198 e. The zero-order valence-electron chi connectivity index (χ0n) is 12.9. The van der Waals surface area contributed by atoms with Crippen molar-refractivity contribution in [1.29, 1.82) is 0 Å². The van der Waals surface area contributed by atoms with Gasteiger partial charge in [0, 0.05) is 18.6 Å². The molecule has 1 saturated heterocycles. The molecule has 1 saturated carbocycles. The van der Waals surface area contributed by atoms with Crippen molar-refractivity contribution in [3.63, 3.8) is 0 Å². The molecule has 3 rings (SSSR count). The van der Waals surface area contributed by atoms with Gasteiger partial charge in [-0.1, -0.05) is 31.2 Å². The van der Waals surface area contributed by atoms with Crippen LogP contribution in [0.25, 0.3) is 0 Å². The van der Waals surface area contributed by atoms with Gasteiger partial charge in [0.2, 0.25) is 0 Å². The van der Waals surface area contributed by atoms with Crippen LogP contribution in [0.3, 0.4) is 0 Å². The van der Waals surface area contributed by atoms with E-state index in [0.29, 0.717) is 0 Å². The number of rotatable bonds is 4. The topological polar surface area (TPSA) is 15.3 Å². The second kappa shape index (κ2) is 6.28. The van der Waals surface area contributed by atoms with E-state index in [1.54, 1.807) is 5.56 Å². The van der Waals surface area contributed by atoms with Crippen molar-refractivity contribution in [2.45, 2.75) is 57.5 Å². The molecule has 1 unspecified atom stereocenters. The molecule has 110 valence electrons. The highest BCUT2D eigenvalue weighted by Crippen LogP contribution is 2.38. The van der Waals surface area contributed by atoms with Crippen LogP contribution in [-0.2, 0) is 0 Å². The van der Waals surface area contributed by atoms with Crippen LogP contribution in [0, 0.1) is 6.92 Å². The average Bonchev–Trinajstić information content (AvgIpc) is 2.44. The van der Waals surface area contributed by atoms with E-state index < -0.39 is 0 Å². The molecule has 0 amide bonds. The Bertz CT molecular complexity index is 437. The molecular formula is C18H28N2. The first-order chi connectivity index (χ1) is 9.76. The molecule has 1 N–H and O–H groups in total. The standard InChI is InChI=1S/C18H28N2/c1-3-20-10-6-8-16(13-20)19-17-11-15(12-17)18-9-5-4-7-14(18)2/h4-5,7,9,15-17,19H,3,6,8,10-13H2,1-2H3. The Morgan fingerprint density at radius 3 is 2.75 bits per heavy atom. The van der Waals surface area contributed by atoms with E-state index in [4.69, 9.17) is 0 Å². The van der Waals surface area contributed by atoms with Crippen LogP contribution >= 0.6 is 0 Å². The van der Waals surface area contributed by atoms with Crippen molar-refractivity contribution >= 4 is 0 Å². The van der Waals surface area contributed by atoms with Crippen LogP contribution in [0.15, 0.2) is 24.3 Å². The quantitative estimate of drug-likeness (QED) is 0.904. The Hall–Kier alpha value is -0.860. The number of likely N-dealkylation sites (N-methyl/N-ethyl adjacent to an activating group) is 1. The lowest BCUT2D eigenvalue weighted by molar-refractivity contribution is 0.167. The molecule has 2 fully saturated rings. The first kappa shape index (κ1) is 14.1. The first-order valence-electron chi connectivity index (χ1n) is 8.30. The van der Waals surface area contributed by atoms with Gasteiger partial charge in [-0.05, 0) is 62.7 Å². The normalized spacial score (nSPS) is 31.0. The predicted octanol–water partition coefficient (Wildman–Crippen LogP) is 3.31. The van der Waals surface area contributed by atoms with Gasteiger partial charge in [0.05, 0.1) is 0 Å². The van der Waals surface area contributed by atoms with Gasteiger partial charge < -0.3 is 10.2 Å². The van der Waals surface area contributed by atoms with E-state index in [-0.39, 0.29) is 0 Å². The molecule has 1 aliphatic heterocycles. The molecule has 0 bridgehead atoms. The van der Waals surface area contributed by atoms with Crippen molar-refractivity contribution in [3.8, 4) is 0 Å². The van der Waals surface area contributed by atoms with E-state index in [9.17, 15) is 0 Å².